The van der Waals surface area contributed by atoms with Crippen molar-refractivity contribution in [1.29, 1.82) is 0 Å². The standard InChI is InChI=1S/C22H36O4/c1-2-3-4-5-6-7-8-9-10-11-12-13-14-15-16-17-18-20(22(25)26)19-21(23)24/h6-7,9-10,12-13,20H,2-5,8,11,14-19H2,1H3,(H,23,24)(H,25,26)/b7-6-,10-9-,13-12-. The minimum absolute atomic E-state index is 0.282. The average molecular weight is 365 g/mol. The molecule has 0 rings (SSSR count). The van der Waals surface area contributed by atoms with Crippen molar-refractivity contribution in [3.8, 4) is 0 Å². The van der Waals surface area contributed by atoms with Crippen LogP contribution in [-0.4, -0.2) is 22.2 Å². The lowest BCUT2D eigenvalue weighted by atomic mass is 9.97. The summed E-state index contributed by atoms with van der Waals surface area (Å²) >= 11 is 0. The van der Waals surface area contributed by atoms with Gasteiger partial charge in [-0.3, -0.25) is 9.59 Å². The highest BCUT2D eigenvalue weighted by Gasteiger charge is 2.19. The molecule has 26 heavy (non-hydrogen) atoms. The van der Waals surface area contributed by atoms with Crippen LogP contribution < -0.4 is 0 Å². The van der Waals surface area contributed by atoms with E-state index in [2.05, 4.69) is 43.4 Å². The quantitative estimate of drug-likeness (QED) is 0.240. The molecule has 148 valence electrons. The molecule has 0 heterocycles. The molecule has 0 aromatic rings. The molecule has 0 saturated heterocycles. The van der Waals surface area contributed by atoms with E-state index in [-0.39, 0.29) is 6.42 Å². The van der Waals surface area contributed by atoms with Gasteiger partial charge in [0.25, 0.3) is 0 Å². The molecule has 2 N–H and O–H groups in total. The van der Waals surface area contributed by atoms with Crippen molar-refractivity contribution in [2.45, 2.75) is 84.0 Å². The molecule has 0 aromatic carbocycles. The van der Waals surface area contributed by atoms with Gasteiger partial charge < -0.3 is 10.2 Å². The van der Waals surface area contributed by atoms with Gasteiger partial charge in [0, 0.05) is 0 Å². The number of carboxylic acids is 2. The normalized spacial score (nSPS) is 13.1. The van der Waals surface area contributed by atoms with Crippen LogP contribution in [0.1, 0.15) is 84.0 Å². The van der Waals surface area contributed by atoms with Crippen molar-refractivity contribution in [2.75, 3.05) is 0 Å². The Morgan fingerprint density at radius 1 is 0.769 bits per heavy atom. The van der Waals surface area contributed by atoms with E-state index in [1.807, 2.05) is 0 Å². The molecular formula is C22H36O4. The van der Waals surface area contributed by atoms with Gasteiger partial charge in [0.15, 0.2) is 0 Å². The molecule has 1 atom stereocenters. The van der Waals surface area contributed by atoms with E-state index in [9.17, 15) is 9.59 Å². The summed E-state index contributed by atoms with van der Waals surface area (Å²) in [5.74, 6) is -2.80. The lowest BCUT2D eigenvalue weighted by Crippen LogP contribution is -2.17. The van der Waals surface area contributed by atoms with Gasteiger partial charge in [-0.2, -0.15) is 0 Å². The minimum Gasteiger partial charge on any atom is -0.481 e. The molecule has 0 fully saturated rings. The summed E-state index contributed by atoms with van der Waals surface area (Å²) in [6.07, 6.45) is 24.1. The zero-order chi connectivity index (χ0) is 19.5. The number of allylic oxidation sites excluding steroid dienone is 6. The predicted octanol–water partition coefficient (Wildman–Crippen LogP) is 6.14. The first-order valence-corrected chi connectivity index (χ1v) is 9.97. The van der Waals surface area contributed by atoms with Gasteiger partial charge in [0.2, 0.25) is 0 Å². The van der Waals surface area contributed by atoms with Crippen molar-refractivity contribution in [3.63, 3.8) is 0 Å². The molecule has 0 saturated carbocycles. The summed E-state index contributed by atoms with van der Waals surface area (Å²) in [6.45, 7) is 2.22. The summed E-state index contributed by atoms with van der Waals surface area (Å²) in [5.41, 5.74) is 0. The zero-order valence-corrected chi connectivity index (χ0v) is 16.2. The van der Waals surface area contributed by atoms with E-state index in [0.717, 1.165) is 38.5 Å². The van der Waals surface area contributed by atoms with Gasteiger partial charge in [-0.25, -0.2) is 0 Å². The molecule has 4 heteroatoms. The second kappa shape index (κ2) is 18.0. The van der Waals surface area contributed by atoms with Crippen molar-refractivity contribution in [2.24, 2.45) is 5.92 Å². The van der Waals surface area contributed by atoms with Crippen LogP contribution in [0.3, 0.4) is 0 Å². The molecule has 0 radical (unpaired) electrons. The monoisotopic (exact) mass is 364 g/mol. The van der Waals surface area contributed by atoms with Crippen LogP contribution in [0.2, 0.25) is 0 Å². The SMILES string of the molecule is CCCCC/C=C\C/C=C\C/C=C\CCCCCC(CC(=O)O)C(=O)O. The number of hydrogen-bond donors (Lipinski definition) is 2. The highest BCUT2D eigenvalue weighted by atomic mass is 16.4. The number of carbonyl (C=O) groups is 2. The third kappa shape index (κ3) is 17.0. The summed E-state index contributed by atoms with van der Waals surface area (Å²) in [4.78, 5) is 21.5. The third-order valence-electron chi connectivity index (χ3n) is 4.21. The number of hydrogen-bond acceptors (Lipinski definition) is 2. The first kappa shape index (κ1) is 24.2. The highest BCUT2D eigenvalue weighted by molar-refractivity contribution is 5.77. The van der Waals surface area contributed by atoms with E-state index < -0.39 is 17.9 Å². The van der Waals surface area contributed by atoms with E-state index >= 15 is 0 Å². The molecule has 0 aliphatic heterocycles. The van der Waals surface area contributed by atoms with Crippen LogP contribution in [-0.2, 0) is 9.59 Å². The van der Waals surface area contributed by atoms with E-state index in [4.69, 9.17) is 10.2 Å². The van der Waals surface area contributed by atoms with Crippen LogP contribution in [0.4, 0.5) is 0 Å². The summed E-state index contributed by atoms with van der Waals surface area (Å²) < 4.78 is 0. The lowest BCUT2D eigenvalue weighted by molar-refractivity contribution is -0.148. The Kier molecular flexibility index (Phi) is 16.7. The Morgan fingerprint density at radius 3 is 1.81 bits per heavy atom. The van der Waals surface area contributed by atoms with E-state index in [1.165, 1.54) is 25.7 Å². The number of unbranched alkanes of at least 4 members (excludes halogenated alkanes) is 6. The van der Waals surface area contributed by atoms with Crippen molar-refractivity contribution < 1.29 is 19.8 Å². The van der Waals surface area contributed by atoms with Crippen LogP contribution in [0.15, 0.2) is 36.5 Å². The highest BCUT2D eigenvalue weighted by Crippen LogP contribution is 2.15. The second-order valence-corrected chi connectivity index (χ2v) is 6.65. The fourth-order valence-corrected chi connectivity index (χ4v) is 2.64. The molecule has 0 spiro atoms. The molecule has 0 amide bonds. The Hall–Kier alpha value is -1.84. The lowest BCUT2D eigenvalue weighted by Gasteiger charge is -2.08. The maximum absolute atomic E-state index is 10.9. The average Bonchev–Trinajstić information content (AvgIpc) is 2.59. The molecule has 1 unspecified atom stereocenters. The van der Waals surface area contributed by atoms with Gasteiger partial charge in [0.05, 0.1) is 12.3 Å². The molecule has 0 aliphatic rings. The van der Waals surface area contributed by atoms with Gasteiger partial charge in [0.1, 0.15) is 0 Å². The molecule has 0 bridgehead atoms. The fraction of sp³-hybridized carbons (Fsp3) is 0.636. The summed E-state index contributed by atoms with van der Waals surface area (Å²) in [7, 11) is 0. The zero-order valence-electron chi connectivity index (χ0n) is 16.2. The van der Waals surface area contributed by atoms with Gasteiger partial charge in [-0.05, 0) is 44.9 Å². The van der Waals surface area contributed by atoms with E-state index in [0.29, 0.717) is 6.42 Å². The molecule has 0 aliphatic carbocycles. The van der Waals surface area contributed by atoms with Gasteiger partial charge in [-0.15, -0.1) is 0 Å². The van der Waals surface area contributed by atoms with Crippen molar-refractivity contribution in [3.05, 3.63) is 36.5 Å². The summed E-state index contributed by atoms with van der Waals surface area (Å²) in [6, 6.07) is 0. The molecule has 4 nitrogen and oxygen atoms in total. The minimum atomic E-state index is -1.04. The first-order valence-electron chi connectivity index (χ1n) is 9.97. The molecule has 0 aromatic heterocycles. The van der Waals surface area contributed by atoms with Crippen LogP contribution in [0, 0.1) is 5.92 Å². The maximum atomic E-state index is 10.9. The predicted molar refractivity (Wildman–Crippen MR) is 107 cm³/mol. The van der Waals surface area contributed by atoms with Crippen LogP contribution in [0.5, 0.6) is 0 Å². The van der Waals surface area contributed by atoms with Crippen LogP contribution >= 0.6 is 0 Å². The largest absolute Gasteiger partial charge is 0.481 e. The van der Waals surface area contributed by atoms with Crippen molar-refractivity contribution >= 4 is 11.9 Å². The van der Waals surface area contributed by atoms with Crippen LogP contribution in [0.25, 0.3) is 0 Å². The smallest absolute Gasteiger partial charge is 0.307 e. The number of carboxylic acid groups (broad SMARTS) is 2. The fourth-order valence-electron chi connectivity index (χ4n) is 2.64. The van der Waals surface area contributed by atoms with E-state index in [1.54, 1.807) is 0 Å². The Bertz CT molecular complexity index is 449. The third-order valence-corrected chi connectivity index (χ3v) is 4.21. The topological polar surface area (TPSA) is 74.6 Å². The Morgan fingerprint density at radius 2 is 1.31 bits per heavy atom. The second-order valence-electron chi connectivity index (χ2n) is 6.65. The van der Waals surface area contributed by atoms with Crippen molar-refractivity contribution in [1.82, 2.24) is 0 Å². The summed E-state index contributed by atoms with van der Waals surface area (Å²) in [5, 5.41) is 17.6. The van der Waals surface area contributed by atoms with Gasteiger partial charge >= 0.3 is 11.9 Å². The Balaban J connectivity index is 3.56. The maximum Gasteiger partial charge on any atom is 0.307 e. The Labute approximate surface area is 158 Å². The number of rotatable bonds is 17. The number of aliphatic carboxylic acids is 2. The molecular weight excluding hydrogens is 328 g/mol. The van der Waals surface area contributed by atoms with Gasteiger partial charge in [-0.1, -0.05) is 69.1 Å². The first-order chi connectivity index (χ1) is 12.6.